The van der Waals surface area contributed by atoms with E-state index in [2.05, 4.69) is 15.6 Å². The summed E-state index contributed by atoms with van der Waals surface area (Å²) in [5, 5.41) is 26.2. The van der Waals surface area contributed by atoms with E-state index < -0.39 is 36.0 Å². The quantitative estimate of drug-likeness (QED) is 0.0216. The Morgan fingerprint density at radius 2 is 1.56 bits per heavy atom. The summed E-state index contributed by atoms with van der Waals surface area (Å²) in [6.07, 6.45) is 5.52. The molecule has 454 valence electrons. The Hall–Kier alpha value is -8.70. The van der Waals surface area contributed by atoms with E-state index in [1.807, 2.05) is 58.0 Å². The minimum atomic E-state index is -0.773. The molecule has 0 bridgehead atoms. The zero-order valence-corrected chi connectivity index (χ0v) is 49.8. The van der Waals surface area contributed by atoms with E-state index in [9.17, 15) is 48.6 Å². The number of nitrogens with one attached hydrogen (secondary N) is 2. The first kappa shape index (κ1) is 63.3. The Labute approximate surface area is 503 Å². The number of phenolic OH excluding ortho intramolecular Hbond substituents is 1. The summed E-state index contributed by atoms with van der Waals surface area (Å²) in [4.78, 5) is 119. The monoisotopic (exact) mass is 1200 g/mol. The predicted octanol–water partition coefficient (Wildman–Crippen LogP) is 8.01. The van der Waals surface area contributed by atoms with Crippen LogP contribution in [0.3, 0.4) is 0 Å². The number of aryl methyl sites for hydroxylation is 1. The Balaban J connectivity index is 0.908. The van der Waals surface area contributed by atoms with Crippen molar-refractivity contribution in [1.29, 1.82) is 0 Å². The molecule has 4 heterocycles. The van der Waals surface area contributed by atoms with Crippen molar-refractivity contribution in [2.24, 2.45) is 11.8 Å². The van der Waals surface area contributed by atoms with Crippen molar-refractivity contribution < 1.29 is 62.8 Å². The van der Waals surface area contributed by atoms with Crippen molar-refractivity contribution in [2.45, 2.75) is 65.0 Å². The average molecular weight is 1200 g/mol. The topological polar surface area (TPSA) is 262 Å². The number of nitrogens with zero attached hydrogens (tertiary/aromatic N) is 7. The zero-order valence-electron chi connectivity index (χ0n) is 49.0. The van der Waals surface area contributed by atoms with Gasteiger partial charge >= 0.3 is 12.2 Å². The molecule has 0 fully saturated rings. The second-order valence-corrected chi connectivity index (χ2v) is 22.2. The van der Waals surface area contributed by atoms with Gasteiger partial charge in [0.1, 0.15) is 29.4 Å². The number of carbonyl (C=O) groups excluding carboxylic acids is 8. The van der Waals surface area contributed by atoms with Crippen molar-refractivity contribution in [2.75, 3.05) is 95.1 Å². The van der Waals surface area contributed by atoms with Gasteiger partial charge in [0, 0.05) is 111 Å². The third-order valence-corrected chi connectivity index (χ3v) is 15.5. The minimum absolute atomic E-state index is 0.00404. The number of imidazole rings is 1. The average Bonchev–Trinajstić information content (AvgIpc) is 1.59. The van der Waals surface area contributed by atoms with E-state index in [4.69, 9.17) is 25.8 Å². The molecule has 7 amide bonds. The van der Waals surface area contributed by atoms with Crippen molar-refractivity contribution in [3.63, 3.8) is 0 Å². The smallest absolute Gasteiger partial charge is 0.415 e. The summed E-state index contributed by atoms with van der Waals surface area (Å²) in [5.74, 6) is -2.59. The molecule has 4 aromatic carbocycles. The number of ketones is 1. The third-order valence-electron chi connectivity index (χ3n) is 15.2. The van der Waals surface area contributed by atoms with Crippen LogP contribution >= 0.6 is 11.6 Å². The highest BCUT2D eigenvalue weighted by Crippen LogP contribution is 2.47. The number of benzene rings is 4. The van der Waals surface area contributed by atoms with Gasteiger partial charge in [0.05, 0.1) is 37.2 Å². The number of hydrogen-bond donors (Lipinski definition) is 4. The minimum Gasteiger partial charge on any atom is -0.508 e. The molecule has 4 N–H and O–H groups in total. The Kier molecular flexibility index (Phi) is 21.3. The standard InChI is InChI=1S/C63H72ClN9O13/c1-39(2)58(68(4)5)51(76)32-43(11-7-8-25-72-54(77)23-24-55(72)78)60(80)65-45-17-13-41(14-18-45)38-85-62(82)69(6)26-27-70(28-30-84-31-29-74)63(83)86-52-33-50-57(56-40(3)10-9-12-48(52)56)44(34-64)35-73(50)61(81)49-37-71-36-46(19-22-53(71)67-49)66-59(79)42-15-20-47(75)21-16-42/h9-10,12-24,33,36-37,39,43-44,58,74-75H,7-8,11,25-32,34-35,38H2,1-6H3,(H,65,80)(H,66,79)/t43-,44-,58+/m1/s1. The number of imide groups is 1. The van der Waals surface area contributed by atoms with E-state index in [0.717, 1.165) is 21.4 Å². The van der Waals surface area contributed by atoms with Gasteiger partial charge in [0.25, 0.3) is 23.6 Å². The third kappa shape index (κ3) is 15.4. The van der Waals surface area contributed by atoms with E-state index in [1.165, 1.54) is 53.3 Å². The molecule has 86 heavy (non-hydrogen) atoms. The molecule has 0 radical (unpaired) electrons. The molecule has 0 saturated carbocycles. The number of phenols is 1. The molecule has 2 aliphatic rings. The Morgan fingerprint density at radius 1 is 0.837 bits per heavy atom. The summed E-state index contributed by atoms with van der Waals surface area (Å²) >= 11 is 6.65. The first-order valence-electron chi connectivity index (χ1n) is 28.4. The fourth-order valence-corrected chi connectivity index (χ4v) is 11.1. The summed E-state index contributed by atoms with van der Waals surface area (Å²) in [6, 6.07) is 22.7. The number of pyridine rings is 1. The van der Waals surface area contributed by atoms with E-state index in [0.29, 0.717) is 58.5 Å². The van der Waals surface area contributed by atoms with Gasteiger partial charge in [-0.2, -0.15) is 0 Å². The van der Waals surface area contributed by atoms with Crippen LogP contribution in [0.25, 0.3) is 16.4 Å². The number of unbranched alkanes of at least 4 members (excludes halogenated alkanes) is 1. The van der Waals surface area contributed by atoms with Crippen LogP contribution in [0.15, 0.2) is 109 Å². The lowest BCUT2D eigenvalue weighted by atomic mass is 9.88. The second-order valence-electron chi connectivity index (χ2n) is 21.9. The van der Waals surface area contributed by atoms with Crippen molar-refractivity contribution in [3.8, 4) is 11.5 Å². The molecule has 23 heteroatoms. The van der Waals surface area contributed by atoms with Gasteiger partial charge in [-0.3, -0.25) is 38.6 Å². The maximum absolute atomic E-state index is 14.6. The summed E-state index contributed by atoms with van der Waals surface area (Å²) in [7, 11) is 5.18. The highest BCUT2D eigenvalue weighted by molar-refractivity contribution is 6.19. The molecule has 3 atom stereocenters. The number of alkyl halides is 1. The number of hydrogen-bond acceptors (Lipinski definition) is 15. The number of aromatic hydroxyl groups is 1. The number of anilines is 3. The van der Waals surface area contributed by atoms with Crippen LogP contribution in [0.4, 0.5) is 26.7 Å². The number of ether oxygens (including phenoxy) is 3. The Bertz CT molecular complexity index is 3490. The van der Waals surface area contributed by atoms with Gasteiger partial charge in [0.15, 0.2) is 5.78 Å². The van der Waals surface area contributed by atoms with Gasteiger partial charge < -0.3 is 54.2 Å². The van der Waals surface area contributed by atoms with Crippen LogP contribution in [-0.4, -0.2) is 172 Å². The molecule has 0 aliphatic carbocycles. The number of fused-ring (bicyclic) bond motifs is 4. The van der Waals surface area contributed by atoms with Crippen LogP contribution in [0.2, 0.25) is 0 Å². The molecule has 8 rings (SSSR count). The van der Waals surface area contributed by atoms with E-state index in [1.54, 1.807) is 64.2 Å². The highest BCUT2D eigenvalue weighted by Gasteiger charge is 2.37. The van der Waals surface area contributed by atoms with Crippen LogP contribution < -0.4 is 20.3 Å². The zero-order chi connectivity index (χ0) is 61.8. The normalized spacial score (nSPS) is 14.5. The lowest BCUT2D eigenvalue weighted by Crippen LogP contribution is -2.42. The first-order valence-corrected chi connectivity index (χ1v) is 29.0. The molecule has 2 aliphatic heterocycles. The number of aliphatic hydroxyl groups is 1. The molecular formula is C63H72ClN9O13. The number of amides is 7. The van der Waals surface area contributed by atoms with Crippen LogP contribution in [0.1, 0.15) is 83.0 Å². The molecule has 2 aromatic heterocycles. The van der Waals surface area contributed by atoms with Crippen LogP contribution in [0.5, 0.6) is 11.5 Å². The summed E-state index contributed by atoms with van der Waals surface area (Å²) < 4.78 is 19.1. The number of halogens is 1. The van der Waals surface area contributed by atoms with Gasteiger partial charge in [-0.1, -0.05) is 50.6 Å². The van der Waals surface area contributed by atoms with Gasteiger partial charge in [-0.15, -0.1) is 11.6 Å². The molecule has 0 saturated heterocycles. The number of carbonyl (C=O) groups is 8. The summed E-state index contributed by atoms with van der Waals surface area (Å²) in [5.41, 5.74) is 4.57. The maximum Gasteiger partial charge on any atom is 0.415 e. The number of aromatic nitrogens is 2. The number of rotatable bonds is 27. The molecule has 22 nitrogen and oxygen atoms in total. The lowest BCUT2D eigenvalue weighted by molar-refractivity contribution is -0.137. The number of aliphatic hydroxyl groups excluding tert-OH is 1. The Morgan fingerprint density at radius 3 is 2.24 bits per heavy atom. The largest absolute Gasteiger partial charge is 0.508 e. The predicted molar refractivity (Wildman–Crippen MR) is 324 cm³/mol. The van der Waals surface area contributed by atoms with Crippen molar-refractivity contribution >= 4 is 92.6 Å². The first-order chi connectivity index (χ1) is 41.2. The number of Topliss-reactive ketones (excluding diaryl/α,β-unsaturated/α-hetero) is 1. The highest BCUT2D eigenvalue weighted by atomic mass is 35.5. The van der Waals surface area contributed by atoms with Gasteiger partial charge in [0.2, 0.25) is 5.91 Å². The second kappa shape index (κ2) is 28.9. The van der Waals surface area contributed by atoms with Crippen molar-refractivity contribution in [3.05, 3.63) is 137 Å². The van der Waals surface area contributed by atoms with E-state index >= 15 is 0 Å². The van der Waals surface area contributed by atoms with Gasteiger partial charge in [-0.05, 0) is 110 Å². The van der Waals surface area contributed by atoms with E-state index in [-0.39, 0.29) is 124 Å². The maximum atomic E-state index is 14.6. The van der Waals surface area contributed by atoms with Gasteiger partial charge in [-0.25, -0.2) is 14.6 Å². The van der Waals surface area contributed by atoms with Crippen LogP contribution in [-0.2, 0) is 35.3 Å². The fourth-order valence-electron chi connectivity index (χ4n) is 10.8. The number of likely N-dealkylation sites (N-methyl/N-ethyl adjacent to an activating group) is 2. The molecule has 0 spiro atoms. The fraction of sp³-hybridized carbons (Fsp3) is 0.381. The summed E-state index contributed by atoms with van der Waals surface area (Å²) in [6.45, 7) is 5.96. The molecule has 0 unspecified atom stereocenters. The van der Waals surface area contributed by atoms with Crippen LogP contribution in [0, 0.1) is 18.8 Å². The lowest BCUT2D eigenvalue weighted by Gasteiger charge is -2.28. The SMILES string of the molecule is Cc1cccc2c(OC(=O)N(CCOCCO)CCN(C)C(=O)OCc3ccc(NC(=O)[C@H](CCCCN4C(=O)C=CC4=O)CC(=O)[C@H](C(C)C)N(C)C)cc3)cc3c(c12)[C@H](CCl)CN3C(=O)c1cn2cc(NC(=O)c3ccc(O)cc3)ccc2n1. The molecular weight excluding hydrogens is 1130 g/mol. The van der Waals surface area contributed by atoms with Crippen molar-refractivity contribution in [1.82, 2.24) is 29.0 Å². The molecule has 6 aromatic rings.